The largest absolute Gasteiger partial charge is 0.319 e. The van der Waals surface area contributed by atoms with Crippen LogP contribution in [0.4, 0.5) is 4.39 Å². The summed E-state index contributed by atoms with van der Waals surface area (Å²) in [5.74, 6) is 1.03. The highest BCUT2D eigenvalue weighted by molar-refractivity contribution is 7.98. The molecule has 3 rings (SSSR count). The van der Waals surface area contributed by atoms with Crippen molar-refractivity contribution in [3.8, 4) is 11.5 Å². The third kappa shape index (κ3) is 3.60. The number of benzene rings is 1. The predicted molar refractivity (Wildman–Crippen MR) is 92.8 cm³/mol. The summed E-state index contributed by atoms with van der Waals surface area (Å²) in [4.78, 5) is 20.6. The number of pyridine rings is 1. The maximum Gasteiger partial charge on any atom is 0.244 e. The van der Waals surface area contributed by atoms with Crippen LogP contribution >= 0.6 is 23.4 Å². The SMILES string of the molecule is CCC(C(=O)Cl)n1cccc2nc(SCc3ccc(F)cc3)nc1-2. The summed E-state index contributed by atoms with van der Waals surface area (Å²) in [6, 6.07) is 9.57. The van der Waals surface area contributed by atoms with E-state index in [0.29, 0.717) is 23.2 Å². The molecule has 1 aromatic carbocycles. The van der Waals surface area contributed by atoms with E-state index in [0.717, 1.165) is 11.3 Å². The molecule has 2 heterocycles. The van der Waals surface area contributed by atoms with Gasteiger partial charge in [0.05, 0.1) is 0 Å². The molecule has 0 aliphatic carbocycles. The average Bonchev–Trinajstić information content (AvgIpc) is 2.98. The maximum absolute atomic E-state index is 12.9. The van der Waals surface area contributed by atoms with Crippen LogP contribution in [0.25, 0.3) is 11.5 Å². The minimum Gasteiger partial charge on any atom is -0.319 e. The third-order valence-corrected chi connectivity index (χ3v) is 4.83. The Kier molecular flexibility index (Phi) is 5.16. The lowest BCUT2D eigenvalue weighted by molar-refractivity contribution is -0.114. The molecule has 2 aliphatic heterocycles. The van der Waals surface area contributed by atoms with E-state index in [9.17, 15) is 9.18 Å². The van der Waals surface area contributed by atoms with Crippen LogP contribution in [0, 0.1) is 5.82 Å². The molecule has 24 heavy (non-hydrogen) atoms. The Hall–Kier alpha value is -1.92. The standard InChI is InChI=1S/C17H15ClFN3OS/c1-2-14(15(18)23)22-9-3-4-13-16(22)21-17(20-13)24-10-11-5-7-12(19)8-6-11/h3-9,14H,2,10H2,1H3. The number of rotatable bonds is 6. The first kappa shape index (κ1) is 16.9. The molecule has 1 aromatic rings. The van der Waals surface area contributed by atoms with Crippen LogP contribution in [0.5, 0.6) is 0 Å². The van der Waals surface area contributed by atoms with Gasteiger partial charge in [0.25, 0.3) is 0 Å². The molecule has 4 nitrogen and oxygen atoms in total. The summed E-state index contributed by atoms with van der Waals surface area (Å²) >= 11 is 7.16. The molecule has 0 saturated carbocycles. The topological polar surface area (TPSA) is 47.8 Å². The van der Waals surface area contributed by atoms with Crippen molar-refractivity contribution in [1.29, 1.82) is 0 Å². The molecule has 0 amide bonds. The van der Waals surface area contributed by atoms with E-state index in [4.69, 9.17) is 11.6 Å². The van der Waals surface area contributed by atoms with Crippen molar-refractivity contribution in [2.45, 2.75) is 30.3 Å². The Labute approximate surface area is 148 Å². The van der Waals surface area contributed by atoms with Gasteiger partial charge in [0, 0.05) is 11.9 Å². The zero-order chi connectivity index (χ0) is 17.1. The zero-order valence-corrected chi connectivity index (χ0v) is 14.5. The van der Waals surface area contributed by atoms with Gasteiger partial charge in [0.15, 0.2) is 11.0 Å². The molecule has 0 bridgehead atoms. The normalized spacial score (nSPS) is 12.5. The van der Waals surface area contributed by atoms with Crippen molar-refractivity contribution in [3.05, 3.63) is 54.0 Å². The molecular weight excluding hydrogens is 349 g/mol. The lowest BCUT2D eigenvalue weighted by Gasteiger charge is -2.17. The highest BCUT2D eigenvalue weighted by Gasteiger charge is 2.22. The van der Waals surface area contributed by atoms with Crippen molar-refractivity contribution in [2.24, 2.45) is 0 Å². The van der Waals surface area contributed by atoms with Crippen molar-refractivity contribution < 1.29 is 9.18 Å². The first-order valence-electron chi connectivity index (χ1n) is 7.49. The van der Waals surface area contributed by atoms with E-state index in [1.54, 1.807) is 22.9 Å². The summed E-state index contributed by atoms with van der Waals surface area (Å²) < 4.78 is 14.7. The van der Waals surface area contributed by atoms with Crippen molar-refractivity contribution in [2.75, 3.05) is 0 Å². The second kappa shape index (κ2) is 7.32. The molecule has 124 valence electrons. The smallest absolute Gasteiger partial charge is 0.244 e. The molecule has 1 unspecified atom stereocenters. The van der Waals surface area contributed by atoms with E-state index >= 15 is 0 Å². The van der Waals surface area contributed by atoms with Gasteiger partial charge < -0.3 is 4.57 Å². The van der Waals surface area contributed by atoms with Gasteiger partial charge in [-0.3, -0.25) is 4.79 Å². The third-order valence-electron chi connectivity index (χ3n) is 3.66. The van der Waals surface area contributed by atoms with Gasteiger partial charge in [-0.2, -0.15) is 0 Å². The highest BCUT2D eigenvalue weighted by atomic mass is 35.5. The van der Waals surface area contributed by atoms with Gasteiger partial charge in [-0.15, -0.1) is 0 Å². The number of fused-ring (bicyclic) bond motifs is 1. The quantitative estimate of drug-likeness (QED) is 0.477. The number of aromatic nitrogens is 3. The molecule has 1 atom stereocenters. The number of imidazole rings is 1. The Morgan fingerprint density at radius 3 is 2.71 bits per heavy atom. The Morgan fingerprint density at radius 1 is 1.29 bits per heavy atom. The summed E-state index contributed by atoms with van der Waals surface area (Å²) in [6.45, 7) is 1.90. The maximum atomic E-state index is 12.9. The summed E-state index contributed by atoms with van der Waals surface area (Å²) in [5.41, 5.74) is 1.71. The number of nitrogens with zero attached hydrogens (tertiary/aromatic N) is 3. The average molecular weight is 364 g/mol. The van der Waals surface area contributed by atoms with Crippen LogP contribution < -0.4 is 0 Å². The van der Waals surface area contributed by atoms with Crippen molar-refractivity contribution >= 4 is 28.6 Å². The summed E-state index contributed by atoms with van der Waals surface area (Å²) in [7, 11) is 0. The lowest BCUT2D eigenvalue weighted by atomic mass is 10.2. The Bertz CT molecular complexity index is 821. The fourth-order valence-electron chi connectivity index (χ4n) is 2.44. The van der Waals surface area contributed by atoms with Crippen LogP contribution in [-0.4, -0.2) is 19.8 Å². The minimum absolute atomic E-state index is 0.253. The van der Waals surface area contributed by atoms with Gasteiger partial charge in [0.1, 0.15) is 17.6 Å². The lowest BCUT2D eigenvalue weighted by Crippen LogP contribution is -2.16. The van der Waals surface area contributed by atoms with Crippen LogP contribution in [0.15, 0.2) is 47.8 Å². The van der Waals surface area contributed by atoms with Gasteiger partial charge in [-0.05, 0) is 47.9 Å². The summed E-state index contributed by atoms with van der Waals surface area (Å²) in [6.07, 6.45) is 2.37. The number of thioether (sulfide) groups is 1. The van der Waals surface area contributed by atoms with Crippen LogP contribution in [0.3, 0.4) is 0 Å². The Balaban J connectivity index is 1.84. The molecule has 0 fully saturated rings. The second-order valence-corrected chi connectivity index (χ2v) is 6.59. The number of hydrogen-bond donors (Lipinski definition) is 0. The fourth-order valence-corrected chi connectivity index (χ4v) is 3.50. The van der Waals surface area contributed by atoms with Gasteiger partial charge in [-0.1, -0.05) is 30.8 Å². The van der Waals surface area contributed by atoms with E-state index in [1.807, 2.05) is 19.1 Å². The van der Waals surface area contributed by atoms with Crippen LogP contribution in [0.2, 0.25) is 0 Å². The molecule has 7 heteroatoms. The van der Waals surface area contributed by atoms with E-state index in [-0.39, 0.29) is 5.82 Å². The van der Waals surface area contributed by atoms with Gasteiger partial charge in [0.2, 0.25) is 5.24 Å². The zero-order valence-electron chi connectivity index (χ0n) is 12.9. The second-order valence-electron chi connectivity index (χ2n) is 5.27. The molecule has 0 N–H and O–H groups in total. The van der Waals surface area contributed by atoms with Crippen molar-refractivity contribution in [1.82, 2.24) is 14.5 Å². The fraction of sp³-hybridized carbons (Fsp3) is 0.235. The van der Waals surface area contributed by atoms with E-state index in [1.165, 1.54) is 23.9 Å². The first-order valence-corrected chi connectivity index (χ1v) is 8.86. The predicted octanol–water partition coefficient (Wildman–Crippen LogP) is 4.53. The molecule has 0 saturated heterocycles. The van der Waals surface area contributed by atoms with Crippen LogP contribution in [-0.2, 0) is 10.5 Å². The summed E-state index contributed by atoms with van der Waals surface area (Å²) in [5, 5.41) is 0.199. The van der Waals surface area contributed by atoms with E-state index in [2.05, 4.69) is 9.97 Å². The van der Waals surface area contributed by atoms with Crippen molar-refractivity contribution in [3.63, 3.8) is 0 Å². The monoisotopic (exact) mass is 363 g/mol. The van der Waals surface area contributed by atoms with Gasteiger partial charge >= 0.3 is 0 Å². The highest BCUT2D eigenvalue weighted by Crippen LogP contribution is 2.29. The number of hydrogen-bond acceptors (Lipinski definition) is 4. The molecule has 0 aromatic heterocycles. The molecular formula is C17H15ClFN3OS. The molecule has 2 aliphatic rings. The minimum atomic E-state index is -0.456. The van der Waals surface area contributed by atoms with Gasteiger partial charge in [-0.25, -0.2) is 14.4 Å². The Morgan fingerprint density at radius 2 is 2.04 bits per heavy atom. The molecule has 0 spiro atoms. The van der Waals surface area contributed by atoms with Crippen LogP contribution in [0.1, 0.15) is 24.9 Å². The van der Waals surface area contributed by atoms with E-state index < -0.39 is 11.3 Å². The first-order chi connectivity index (χ1) is 11.6. The number of carbonyl (C=O) groups is 1. The number of halogens is 2. The molecule has 0 radical (unpaired) electrons. The number of carbonyl (C=O) groups excluding carboxylic acids is 1.